The Morgan fingerprint density at radius 1 is 1.03 bits per heavy atom. The Morgan fingerprint density at radius 2 is 1.78 bits per heavy atom. The van der Waals surface area contributed by atoms with Crippen molar-refractivity contribution < 1.29 is 23.8 Å². The van der Waals surface area contributed by atoms with Gasteiger partial charge in [0.25, 0.3) is 5.91 Å². The fourth-order valence-corrected chi connectivity index (χ4v) is 3.74. The van der Waals surface area contributed by atoms with E-state index in [9.17, 15) is 19.1 Å². The van der Waals surface area contributed by atoms with Crippen LogP contribution in [0.25, 0.3) is 10.9 Å². The number of benzene rings is 3. The van der Waals surface area contributed by atoms with Crippen LogP contribution in [0, 0.1) is 5.82 Å². The smallest absolute Gasteiger partial charge is 0.411 e. The van der Waals surface area contributed by atoms with Gasteiger partial charge in [-0.05, 0) is 60.4 Å². The number of halogens is 2. The molecule has 0 spiro atoms. The summed E-state index contributed by atoms with van der Waals surface area (Å²) >= 11 is 5.87. The van der Waals surface area contributed by atoms with E-state index in [-0.39, 0.29) is 35.4 Å². The second-order valence-electron chi connectivity index (χ2n) is 8.03. The molecular formula is C27H23ClFN3O4. The number of rotatable bonds is 8. The molecular weight excluding hydrogens is 485 g/mol. The minimum Gasteiger partial charge on any atom is -0.506 e. The van der Waals surface area contributed by atoms with E-state index >= 15 is 0 Å². The van der Waals surface area contributed by atoms with Crippen LogP contribution < -0.4 is 10.6 Å². The topological polar surface area (TPSA) is 101 Å². The first-order chi connectivity index (χ1) is 17.4. The summed E-state index contributed by atoms with van der Waals surface area (Å²) in [6.07, 6.45) is 1.39. The van der Waals surface area contributed by atoms with Crippen molar-refractivity contribution >= 4 is 40.2 Å². The van der Waals surface area contributed by atoms with Crippen molar-refractivity contribution in [2.45, 2.75) is 19.4 Å². The van der Waals surface area contributed by atoms with E-state index in [1.165, 1.54) is 6.07 Å². The molecule has 0 unspecified atom stereocenters. The SMILES string of the molecule is O=C(Nc1ccccc1)OCCCc1cc(F)c2ncc(C(=O)NCc3ccc(Cl)cc3)c(O)c2c1. The summed E-state index contributed by atoms with van der Waals surface area (Å²) in [5, 5.41) is 16.8. The Balaban J connectivity index is 1.38. The van der Waals surface area contributed by atoms with E-state index in [2.05, 4.69) is 15.6 Å². The van der Waals surface area contributed by atoms with Gasteiger partial charge < -0.3 is 15.2 Å². The Morgan fingerprint density at radius 3 is 2.53 bits per heavy atom. The predicted molar refractivity (Wildman–Crippen MR) is 136 cm³/mol. The Bertz CT molecular complexity index is 1380. The molecule has 2 amide bonds. The van der Waals surface area contributed by atoms with Gasteiger partial charge >= 0.3 is 6.09 Å². The third-order valence-electron chi connectivity index (χ3n) is 5.43. The molecule has 0 saturated heterocycles. The standard InChI is InChI=1S/C27H23ClFN3O4/c28-19-10-8-17(9-11-19)15-31-26(34)22-16-30-24-21(25(22)33)13-18(14-23(24)29)5-4-12-36-27(35)32-20-6-2-1-3-7-20/h1-3,6-11,13-14,16H,4-5,12,15H2,(H,30,33)(H,31,34)(H,32,35). The number of hydrogen-bond donors (Lipinski definition) is 3. The van der Waals surface area contributed by atoms with E-state index in [0.29, 0.717) is 29.1 Å². The van der Waals surface area contributed by atoms with Gasteiger partial charge in [-0.1, -0.05) is 41.9 Å². The molecule has 0 aliphatic rings. The first-order valence-electron chi connectivity index (χ1n) is 11.2. The van der Waals surface area contributed by atoms with Crippen LogP contribution in [0.2, 0.25) is 5.02 Å². The van der Waals surface area contributed by atoms with Gasteiger partial charge in [0.2, 0.25) is 0 Å². The van der Waals surface area contributed by atoms with Crippen molar-refractivity contribution in [1.82, 2.24) is 10.3 Å². The minimum atomic E-state index is -0.617. The summed E-state index contributed by atoms with van der Waals surface area (Å²) in [4.78, 5) is 28.6. The maximum Gasteiger partial charge on any atom is 0.411 e. The average molecular weight is 508 g/mol. The van der Waals surface area contributed by atoms with Crippen molar-refractivity contribution in [3.05, 3.63) is 100 Å². The molecule has 4 aromatic rings. The molecule has 0 fully saturated rings. The highest BCUT2D eigenvalue weighted by Crippen LogP contribution is 2.30. The van der Waals surface area contributed by atoms with Crippen LogP contribution in [0.4, 0.5) is 14.9 Å². The summed E-state index contributed by atoms with van der Waals surface area (Å²) in [6.45, 7) is 0.343. The number of aromatic hydroxyl groups is 1. The molecule has 0 aliphatic carbocycles. The number of nitrogens with zero attached hydrogens (tertiary/aromatic N) is 1. The number of hydrogen-bond acceptors (Lipinski definition) is 5. The molecule has 184 valence electrons. The third kappa shape index (κ3) is 6.28. The maximum atomic E-state index is 14.7. The molecule has 0 atom stereocenters. The zero-order valence-corrected chi connectivity index (χ0v) is 19.9. The number of pyridine rings is 1. The van der Waals surface area contributed by atoms with Gasteiger partial charge in [-0.3, -0.25) is 15.1 Å². The number of nitrogens with one attached hydrogen (secondary N) is 2. The molecule has 4 rings (SSSR count). The lowest BCUT2D eigenvalue weighted by molar-refractivity contribution is 0.0948. The van der Waals surface area contributed by atoms with Gasteiger partial charge in [0.1, 0.15) is 22.6 Å². The normalized spacial score (nSPS) is 10.7. The molecule has 1 heterocycles. The first kappa shape index (κ1) is 24.9. The predicted octanol–water partition coefficient (Wildman–Crippen LogP) is 5.84. The number of amides is 2. The van der Waals surface area contributed by atoms with Crippen molar-refractivity contribution in [1.29, 1.82) is 0 Å². The summed E-state index contributed by atoms with van der Waals surface area (Å²) in [5.41, 5.74) is 1.92. The summed E-state index contributed by atoms with van der Waals surface area (Å²) < 4.78 is 19.8. The van der Waals surface area contributed by atoms with Crippen LogP contribution in [-0.2, 0) is 17.7 Å². The zero-order valence-electron chi connectivity index (χ0n) is 19.1. The lowest BCUT2D eigenvalue weighted by Crippen LogP contribution is -2.23. The largest absolute Gasteiger partial charge is 0.506 e. The number of aromatic nitrogens is 1. The number of ether oxygens (including phenoxy) is 1. The van der Waals surface area contributed by atoms with Gasteiger partial charge in [0, 0.05) is 28.8 Å². The lowest BCUT2D eigenvalue weighted by Gasteiger charge is -2.11. The van der Waals surface area contributed by atoms with Gasteiger partial charge in [-0.2, -0.15) is 0 Å². The third-order valence-corrected chi connectivity index (χ3v) is 5.68. The lowest BCUT2D eigenvalue weighted by atomic mass is 10.0. The Kier molecular flexibility index (Phi) is 7.97. The number of fused-ring (bicyclic) bond motifs is 1. The second-order valence-corrected chi connectivity index (χ2v) is 8.47. The van der Waals surface area contributed by atoms with E-state index < -0.39 is 17.8 Å². The molecule has 1 aromatic heterocycles. The first-order valence-corrected chi connectivity index (χ1v) is 11.6. The highest BCUT2D eigenvalue weighted by molar-refractivity contribution is 6.30. The quantitative estimate of drug-likeness (QED) is 0.260. The summed E-state index contributed by atoms with van der Waals surface area (Å²) in [6, 6.07) is 18.8. The fourth-order valence-electron chi connectivity index (χ4n) is 3.61. The molecule has 0 saturated carbocycles. The second kappa shape index (κ2) is 11.5. The Hall–Kier alpha value is -4.17. The van der Waals surface area contributed by atoms with Gasteiger partial charge in [-0.15, -0.1) is 0 Å². The number of aryl methyl sites for hydroxylation is 1. The minimum absolute atomic E-state index is 0.0380. The molecule has 3 N–H and O–H groups in total. The molecule has 7 nitrogen and oxygen atoms in total. The van der Waals surface area contributed by atoms with Crippen molar-refractivity contribution in [2.24, 2.45) is 0 Å². The molecule has 3 aromatic carbocycles. The zero-order chi connectivity index (χ0) is 25.5. The van der Waals surface area contributed by atoms with E-state index in [1.807, 2.05) is 6.07 Å². The van der Waals surface area contributed by atoms with Crippen LogP contribution in [0.15, 0.2) is 72.9 Å². The monoisotopic (exact) mass is 507 g/mol. The number of carbonyl (C=O) groups is 2. The number of para-hydroxylation sites is 1. The van der Waals surface area contributed by atoms with Gasteiger partial charge in [0.05, 0.1) is 6.61 Å². The van der Waals surface area contributed by atoms with Crippen LogP contribution in [-0.4, -0.2) is 28.7 Å². The van der Waals surface area contributed by atoms with Crippen LogP contribution in [0.1, 0.15) is 27.9 Å². The van der Waals surface area contributed by atoms with E-state index in [0.717, 1.165) is 11.8 Å². The number of carbonyl (C=O) groups excluding carboxylic acids is 2. The van der Waals surface area contributed by atoms with E-state index in [4.69, 9.17) is 16.3 Å². The van der Waals surface area contributed by atoms with Gasteiger partial charge in [0.15, 0.2) is 0 Å². The van der Waals surface area contributed by atoms with Gasteiger partial charge in [-0.25, -0.2) is 9.18 Å². The van der Waals surface area contributed by atoms with Crippen molar-refractivity contribution in [3.63, 3.8) is 0 Å². The summed E-state index contributed by atoms with van der Waals surface area (Å²) in [5.74, 6) is -1.51. The molecule has 0 radical (unpaired) electrons. The van der Waals surface area contributed by atoms with Crippen LogP contribution >= 0.6 is 11.6 Å². The van der Waals surface area contributed by atoms with Crippen molar-refractivity contribution in [2.75, 3.05) is 11.9 Å². The van der Waals surface area contributed by atoms with Crippen molar-refractivity contribution in [3.8, 4) is 5.75 Å². The Labute approximate surface area is 211 Å². The van der Waals surface area contributed by atoms with Crippen LogP contribution in [0.5, 0.6) is 5.75 Å². The molecule has 0 bridgehead atoms. The molecule has 36 heavy (non-hydrogen) atoms. The highest BCUT2D eigenvalue weighted by atomic mass is 35.5. The fraction of sp³-hybridized carbons (Fsp3) is 0.148. The molecule has 9 heteroatoms. The maximum absolute atomic E-state index is 14.7. The van der Waals surface area contributed by atoms with Crippen LogP contribution in [0.3, 0.4) is 0 Å². The average Bonchev–Trinajstić information content (AvgIpc) is 2.87. The highest BCUT2D eigenvalue weighted by Gasteiger charge is 2.17. The van der Waals surface area contributed by atoms with E-state index in [1.54, 1.807) is 54.6 Å². The molecule has 0 aliphatic heterocycles. The summed E-state index contributed by atoms with van der Waals surface area (Å²) in [7, 11) is 0. The number of anilines is 1.